The lowest BCUT2D eigenvalue weighted by molar-refractivity contribution is 0.0522. The number of carbonyl (C=O) groups excluding carboxylic acids is 2. The Morgan fingerprint density at radius 3 is 2.33 bits per heavy atom. The quantitative estimate of drug-likeness (QED) is 0.681. The maximum atomic E-state index is 13.4. The van der Waals surface area contributed by atoms with Gasteiger partial charge in [-0.25, -0.2) is 4.98 Å². The highest BCUT2D eigenvalue weighted by Crippen LogP contribution is 2.31. The minimum absolute atomic E-state index is 0.0628. The van der Waals surface area contributed by atoms with Crippen molar-refractivity contribution in [1.82, 2.24) is 14.8 Å². The van der Waals surface area contributed by atoms with E-state index in [1.807, 2.05) is 47.1 Å². The summed E-state index contributed by atoms with van der Waals surface area (Å²) in [6.07, 6.45) is 2.54. The molecule has 1 aromatic carbocycles. The normalized spacial score (nSPS) is 15.3. The maximum absolute atomic E-state index is 13.4. The summed E-state index contributed by atoms with van der Waals surface area (Å²) >= 11 is 1.53. The Balaban J connectivity index is 1.71. The van der Waals surface area contributed by atoms with E-state index in [1.54, 1.807) is 0 Å². The number of rotatable bonds is 5. The van der Waals surface area contributed by atoms with Gasteiger partial charge in [0.15, 0.2) is 0 Å². The van der Waals surface area contributed by atoms with Gasteiger partial charge in [-0.1, -0.05) is 45.9 Å². The minimum atomic E-state index is -0.0628. The van der Waals surface area contributed by atoms with Crippen molar-refractivity contribution in [3.63, 3.8) is 0 Å². The first-order valence-corrected chi connectivity index (χ1v) is 11.7. The van der Waals surface area contributed by atoms with Crippen molar-refractivity contribution in [1.29, 1.82) is 0 Å². The van der Waals surface area contributed by atoms with Crippen molar-refractivity contribution in [2.24, 2.45) is 0 Å². The first kappa shape index (κ1) is 22.5. The number of benzene rings is 1. The van der Waals surface area contributed by atoms with Gasteiger partial charge >= 0.3 is 0 Å². The fourth-order valence-corrected chi connectivity index (χ4v) is 4.96. The van der Waals surface area contributed by atoms with Crippen molar-refractivity contribution in [3.05, 3.63) is 51.5 Å². The molecule has 162 valence electrons. The number of carbonyl (C=O) groups is 2. The Hall–Kier alpha value is -2.21. The molecule has 0 radical (unpaired) electrons. The van der Waals surface area contributed by atoms with Crippen LogP contribution in [-0.2, 0) is 5.41 Å². The second-order valence-corrected chi connectivity index (χ2v) is 10.1. The van der Waals surface area contributed by atoms with Crippen molar-refractivity contribution in [2.45, 2.75) is 65.3 Å². The zero-order valence-electron chi connectivity index (χ0n) is 18.8. The Morgan fingerprint density at radius 2 is 1.80 bits per heavy atom. The molecule has 1 aliphatic heterocycles. The number of amides is 2. The van der Waals surface area contributed by atoms with Crippen LogP contribution in [0, 0.1) is 6.92 Å². The van der Waals surface area contributed by atoms with Gasteiger partial charge in [-0.05, 0) is 38.3 Å². The molecule has 30 heavy (non-hydrogen) atoms. The SMILES string of the molecule is CCCN(C(=O)c1sc(C(C)(C)C)nc1C)C1CCN(C(=O)c2ccccc2)CC1. The standard InChI is InChI=1S/C24H33N3O2S/c1-6-14-27(22(29)20-17(2)25-23(30-20)24(3,4)5)19-12-15-26(16-13-19)21(28)18-10-8-7-9-11-18/h7-11,19H,6,12-16H2,1-5H3. The molecule has 1 fully saturated rings. The van der Waals surface area contributed by atoms with Gasteiger partial charge in [0.1, 0.15) is 4.88 Å². The molecular formula is C24H33N3O2S. The zero-order valence-corrected chi connectivity index (χ0v) is 19.6. The van der Waals surface area contributed by atoms with Crippen LogP contribution in [0.15, 0.2) is 30.3 Å². The smallest absolute Gasteiger partial charge is 0.266 e. The van der Waals surface area contributed by atoms with E-state index in [0.717, 1.165) is 46.9 Å². The average molecular weight is 428 g/mol. The summed E-state index contributed by atoms with van der Waals surface area (Å²) in [5.41, 5.74) is 1.49. The van der Waals surface area contributed by atoms with Crippen LogP contribution in [0.4, 0.5) is 0 Å². The van der Waals surface area contributed by atoms with Crippen LogP contribution >= 0.6 is 11.3 Å². The van der Waals surface area contributed by atoms with Crippen LogP contribution in [-0.4, -0.2) is 52.3 Å². The van der Waals surface area contributed by atoms with E-state index in [1.165, 1.54) is 11.3 Å². The van der Waals surface area contributed by atoms with Crippen molar-refractivity contribution >= 4 is 23.2 Å². The summed E-state index contributed by atoms with van der Waals surface area (Å²) in [6.45, 7) is 12.5. The molecule has 5 nitrogen and oxygen atoms in total. The predicted octanol–water partition coefficient (Wildman–Crippen LogP) is 4.91. The zero-order chi connectivity index (χ0) is 21.9. The Labute approximate surface area is 184 Å². The molecule has 0 atom stereocenters. The molecule has 1 saturated heterocycles. The summed E-state index contributed by atoms with van der Waals surface area (Å²) in [6, 6.07) is 9.60. The Bertz CT molecular complexity index is 878. The summed E-state index contributed by atoms with van der Waals surface area (Å²) < 4.78 is 0. The number of hydrogen-bond donors (Lipinski definition) is 0. The van der Waals surface area contributed by atoms with Gasteiger partial charge < -0.3 is 9.80 Å². The second kappa shape index (κ2) is 9.29. The largest absolute Gasteiger partial charge is 0.338 e. The number of hydrogen-bond acceptors (Lipinski definition) is 4. The van der Waals surface area contributed by atoms with Gasteiger partial charge in [0.2, 0.25) is 0 Å². The first-order chi connectivity index (χ1) is 14.2. The topological polar surface area (TPSA) is 53.5 Å². The van der Waals surface area contributed by atoms with Crippen molar-refractivity contribution < 1.29 is 9.59 Å². The fraction of sp³-hybridized carbons (Fsp3) is 0.542. The van der Waals surface area contributed by atoms with Gasteiger partial charge in [-0.15, -0.1) is 11.3 Å². The Kier molecular flexibility index (Phi) is 6.96. The molecule has 2 aromatic rings. The van der Waals surface area contributed by atoms with E-state index in [4.69, 9.17) is 0 Å². The average Bonchev–Trinajstić information content (AvgIpc) is 3.14. The molecule has 0 N–H and O–H groups in total. The molecule has 0 unspecified atom stereocenters. The summed E-state index contributed by atoms with van der Waals surface area (Å²) in [4.78, 5) is 35.6. The van der Waals surface area contributed by atoms with E-state index < -0.39 is 0 Å². The van der Waals surface area contributed by atoms with E-state index in [0.29, 0.717) is 13.1 Å². The van der Waals surface area contributed by atoms with Gasteiger partial charge in [0.05, 0.1) is 10.7 Å². The third kappa shape index (κ3) is 4.91. The highest BCUT2D eigenvalue weighted by Gasteiger charge is 2.32. The number of thiazole rings is 1. The summed E-state index contributed by atoms with van der Waals surface area (Å²) in [7, 11) is 0. The van der Waals surface area contributed by atoms with Crippen LogP contribution in [0.5, 0.6) is 0 Å². The summed E-state index contributed by atoms with van der Waals surface area (Å²) in [5.74, 6) is 0.172. The lowest BCUT2D eigenvalue weighted by Crippen LogP contribution is -2.49. The third-order valence-electron chi connectivity index (χ3n) is 5.57. The van der Waals surface area contributed by atoms with E-state index >= 15 is 0 Å². The molecule has 3 rings (SSSR count). The van der Waals surface area contributed by atoms with Gasteiger partial charge in [0, 0.05) is 36.7 Å². The van der Waals surface area contributed by atoms with Gasteiger partial charge in [-0.2, -0.15) is 0 Å². The molecule has 1 aliphatic rings. The molecule has 0 saturated carbocycles. The number of aromatic nitrogens is 1. The predicted molar refractivity (Wildman–Crippen MR) is 122 cm³/mol. The highest BCUT2D eigenvalue weighted by molar-refractivity contribution is 7.14. The van der Waals surface area contributed by atoms with Crippen LogP contribution < -0.4 is 0 Å². The number of aryl methyl sites for hydroxylation is 1. The molecule has 6 heteroatoms. The summed E-state index contributed by atoms with van der Waals surface area (Å²) in [5, 5.41) is 1.00. The van der Waals surface area contributed by atoms with E-state index in [-0.39, 0.29) is 23.3 Å². The minimum Gasteiger partial charge on any atom is -0.338 e. The van der Waals surface area contributed by atoms with Gasteiger partial charge in [-0.3, -0.25) is 9.59 Å². The highest BCUT2D eigenvalue weighted by atomic mass is 32.1. The fourth-order valence-electron chi connectivity index (χ4n) is 3.88. The van der Waals surface area contributed by atoms with Crippen molar-refractivity contribution in [3.8, 4) is 0 Å². The number of piperidine rings is 1. The lowest BCUT2D eigenvalue weighted by Gasteiger charge is -2.38. The molecule has 2 heterocycles. The molecule has 0 aliphatic carbocycles. The number of likely N-dealkylation sites (tertiary alicyclic amines) is 1. The lowest BCUT2D eigenvalue weighted by atomic mass is 9.98. The van der Waals surface area contributed by atoms with Gasteiger partial charge in [0.25, 0.3) is 11.8 Å². The van der Waals surface area contributed by atoms with Crippen LogP contribution in [0.1, 0.15) is 77.7 Å². The monoisotopic (exact) mass is 427 g/mol. The molecule has 1 aromatic heterocycles. The van der Waals surface area contributed by atoms with E-state index in [9.17, 15) is 9.59 Å². The van der Waals surface area contributed by atoms with Crippen LogP contribution in [0.25, 0.3) is 0 Å². The first-order valence-electron chi connectivity index (χ1n) is 10.9. The molecule has 0 bridgehead atoms. The Morgan fingerprint density at radius 1 is 1.17 bits per heavy atom. The third-order valence-corrected chi connectivity index (χ3v) is 7.14. The number of nitrogens with zero attached hydrogens (tertiary/aromatic N) is 3. The van der Waals surface area contributed by atoms with Crippen molar-refractivity contribution in [2.75, 3.05) is 19.6 Å². The molecule has 0 spiro atoms. The molecule has 2 amide bonds. The van der Waals surface area contributed by atoms with E-state index in [2.05, 4.69) is 32.7 Å². The maximum Gasteiger partial charge on any atom is 0.266 e. The van der Waals surface area contributed by atoms with Crippen LogP contribution in [0.2, 0.25) is 0 Å². The second-order valence-electron chi connectivity index (χ2n) is 9.07. The molecular weight excluding hydrogens is 394 g/mol. The van der Waals surface area contributed by atoms with Crippen LogP contribution in [0.3, 0.4) is 0 Å².